The number of rotatable bonds is 0. The van der Waals surface area contributed by atoms with Gasteiger partial charge in [-0.2, -0.15) is 15.6 Å². The van der Waals surface area contributed by atoms with Crippen LogP contribution in [-0.2, 0) is 9.13 Å². The summed E-state index contributed by atoms with van der Waals surface area (Å²) in [6.45, 7) is 0. The van der Waals surface area contributed by atoms with Crippen LogP contribution in [0.15, 0.2) is 0 Å². The zero-order valence-electron chi connectivity index (χ0n) is 6.28. The third-order valence-electron chi connectivity index (χ3n) is 0. The summed E-state index contributed by atoms with van der Waals surface area (Å²) in [5.74, 6) is 0. The maximum atomic E-state index is 8.55. The predicted molar refractivity (Wildman–Crippen MR) is 32.5 cm³/mol. The van der Waals surface area contributed by atoms with Crippen molar-refractivity contribution >= 4 is 122 Å². The molecule has 0 spiro atoms. The molecule has 64 valence electrons. The van der Waals surface area contributed by atoms with Crippen LogP contribution < -0.4 is 29.4 Å². The van der Waals surface area contributed by atoms with E-state index in [1.165, 1.54) is 0 Å². The van der Waals surface area contributed by atoms with E-state index in [2.05, 4.69) is 0 Å². The van der Waals surface area contributed by atoms with Crippen molar-refractivity contribution in [3.05, 3.63) is 0 Å². The average molecular weight is 342 g/mol. The van der Waals surface area contributed by atoms with E-state index in [0.29, 0.717) is 0 Å². The van der Waals surface area contributed by atoms with Crippen LogP contribution in [0.1, 0.15) is 0 Å². The van der Waals surface area contributed by atoms with Crippen molar-refractivity contribution in [2.24, 2.45) is 0 Å². The molecule has 0 saturated heterocycles. The normalized spacial score (nSPS) is 9.08. The van der Waals surface area contributed by atoms with E-state index < -0.39 is 15.6 Å². The average Bonchev–Trinajstić information content (AvgIpc) is 1.12. The van der Waals surface area contributed by atoms with Gasteiger partial charge in [0.05, 0.1) is 0 Å². The van der Waals surface area contributed by atoms with Gasteiger partial charge in [0, 0.05) is 0 Å². The summed E-state index contributed by atoms with van der Waals surface area (Å²) < 4.78 is 17.1. The van der Waals surface area contributed by atoms with Gasteiger partial charge in [0.2, 0.25) is 0 Å². The molecule has 0 bridgehead atoms. The van der Waals surface area contributed by atoms with Crippen LogP contribution in [0.3, 0.4) is 0 Å². The quantitative estimate of drug-likeness (QED) is 0.308. The molecule has 0 aliphatic carbocycles. The van der Waals surface area contributed by atoms with E-state index in [0.717, 1.165) is 0 Å². The van der Waals surface area contributed by atoms with Crippen LogP contribution in [0.5, 0.6) is 0 Å². The molecular weight excluding hydrogens is 342 g/mol. The minimum absolute atomic E-state index is 0. The molecule has 0 amide bonds. The molecule has 0 saturated carbocycles. The van der Waals surface area contributed by atoms with Crippen molar-refractivity contribution in [1.82, 2.24) is 0 Å². The maximum Gasteiger partial charge on any atom is 2.00 e. The van der Waals surface area contributed by atoms with Gasteiger partial charge in [-0.05, 0) is 0 Å². The zero-order valence-corrected chi connectivity index (χ0v) is 15.2. The van der Waals surface area contributed by atoms with Crippen molar-refractivity contribution in [2.45, 2.75) is 0 Å². The van der Waals surface area contributed by atoms with Crippen LogP contribution in [0.2, 0.25) is 0 Å². The summed E-state index contributed by atoms with van der Waals surface area (Å²) in [5.41, 5.74) is 0. The van der Waals surface area contributed by atoms with Crippen LogP contribution in [0.4, 0.5) is 0 Å². The molecule has 0 rings (SSSR count). The summed E-state index contributed by atoms with van der Waals surface area (Å²) in [6, 6.07) is 0. The topological polar surface area (TPSA) is 172 Å². The van der Waals surface area contributed by atoms with Gasteiger partial charge in [0.1, 0.15) is 0 Å². The fourth-order valence-corrected chi connectivity index (χ4v) is 0. The van der Waals surface area contributed by atoms with Crippen LogP contribution in [-0.4, -0.2) is 106 Å². The van der Waals surface area contributed by atoms with Crippen molar-refractivity contribution in [2.75, 3.05) is 0 Å². The van der Waals surface area contributed by atoms with Gasteiger partial charge in [0.15, 0.2) is 0 Å². The number of phosphoric acid groups is 2. The van der Waals surface area contributed by atoms with E-state index in [1.54, 1.807) is 0 Å². The largest absolute Gasteiger partial charge is 2.00 e. The second-order valence-electron chi connectivity index (χ2n) is 0.894. The van der Waals surface area contributed by atoms with Gasteiger partial charge in [0.25, 0.3) is 0 Å². The molecule has 0 atom stereocenters. The Bertz CT molecular complexity index is 134. The molecule has 0 aliphatic heterocycles. The van der Waals surface area contributed by atoms with Gasteiger partial charge < -0.3 is 38.5 Å². The Labute approximate surface area is 157 Å². The summed E-state index contributed by atoms with van der Waals surface area (Å²) in [6.07, 6.45) is 0. The van der Waals surface area contributed by atoms with Crippen molar-refractivity contribution in [3.63, 3.8) is 0 Å². The molecule has 0 aromatic heterocycles. The molecule has 0 aromatic carbocycles. The second kappa shape index (κ2) is 13.8. The second-order valence-corrected chi connectivity index (χ2v) is 2.68. The third-order valence-corrected chi connectivity index (χ3v) is 0. The number of hydrogen-bond donors (Lipinski definition) is 0. The van der Waals surface area contributed by atoms with Gasteiger partial charge >= 0.3 is 106 Å². The van der Waals surface area contributed by atoms with E-state index in [4.69, 9.17) is 38.5 Å². The fourth-order valence-electron chi connectivity index (χ4n) is 0. The van der Waals surface area contributed by atoms with E-state index in [9.17, 15) is 0 Å². The number of hydrogen-bond acceptors (Lipinski definition) is 8. The van der Waals surface area contributed by atoms with Crippen LogP contribution in [0, 0.1) is 0 Å². The van der Waals surface area contributed by atoms with Crippen LogP contribution >= 0.6 is 15.6 Å². The molecule has 0 radical (unpaired) electrons. The minimum Gasteiger partial charge on any atom is -0.822 e. The Kier molecular flexibility index (Phi) is 31.9. The Morgan fingerprint density at radius 1 is 0.692 bits per heavy atom. The molecule has 13 heavy (non-hydrogen) atoms. The summed E-state index contributed by atoms with van der Waals surface area (Å²) in [7, 11) is -10.8. The van der Waals surface area contributed by atoms with E-state index >= 15 is 0 Å². The first-order valence-corrected chi connectivity index (χ1v) is 4.38. The van der Waals surface area contributed by atoms with Gasteiger partial charge in [-0.25, -0.2) is 0 Å². The monoisotopic (exact) mass is 342 g/mol. The molecule has 0 fully saturated rings. The SMILES string of the molecule is O=P([O-])([O-])[O-].O=P([O-])([O-])[O-].[Ca+2].[Mg+2].[Sr+2]. The summed E-state index contributed by atoms with van der Waals surface area (Å²) >= 11 is 0. The Hall–Kier alpha value is 3.73. The fraction of sp³-hybridized carbons (Fsp3) is 0. The van der Waals surface area contributed by atoms with E-state index in [-0.39, 0.29) is 106 Å². The van der Waals surface area contributed by atoms with E-state index in [1.807, 2.05) is 0 Å². The molecule has 0 aliphatic rings. The standard InChI is InChI=1S/Ca.Mg.2H3O4P.Sr/c;;2*1-5(2,3)4;/h;;2*(H3,1,2,3,4);/q2*+2;;;+2/p-6. The first kappa shape index (κ1) is 30.1. The molecule has 0 N–H and O–H groups in total. The van der Waals surface area contributed by atoms with Crippen molar-refractivity contribution in [3.8, 4) is 0 Å². The zero-order chi connectivity index (χ0) is 9.00. The van der Waals surface area contributed by atoms with Crippen molar-refractivity contribution in [1.29, 1.82) is 0 Å². The predicted octanol–water partition coefficient (Wildman–Crippen LogP) is -6.79. The third kappa shape index (κ3) is 213. The molecule has 0 heterocycles. The molecular formula is CaMgO8P2Sr. The molecule has 8 nitrogen and oxygen atoms in total. The van der Waals surface area contributed by atoms with Gasteiger partial charge in [-0.15, -0.1) is 0 Å². The Morgan fingerprint density at radius 3 is 0.692 bits per heavy atom. The minimum atomic E-state index is -5.39. The Balaban J connectivity index is -0.0000000267. The molecule has 0 aromatic rings. The van der Waals surface area contributed by atoms with Gasteiger partial charge in [-0.3, -0.25) is 0 Å². The molecule has 0 unspecified atom stereocenters. The van der Waals surface area contributed by atoms with Crippen molar-refractivity contribution < 1.29 is 38.5 Å². The summed E-state index contributed by atoms with van der Waals surface area (Å²) in [4.78, 5) is 51.3. The smallest absolute Gasteiger partial charge is 0.822 e. The molecule has 13 heteroatoms. The Morgan fingerprint density at radius 2 is 0.692 bits per heavy atom. The van der Waals surface area contributed by atoms with Crippen LogP contribution in [0.25, 0.3) is 0 Å². The first-order chi connectivity index (χ1) is 4.00. The summed E-state index contributed by atoms with van der Waals surface area (Å²) in [5, 5.41) is 0. The first-order valence-electron chi connectivity index (χ1n) is 1.46. The maximum absolute atomic E-state index is 8.55. The van der Waals surface area contributed by atoms with Gasteiger partial charge in [-0.1, -0.05) is 0 Å².